The van der Waals surface area contributed by atoms with Gasteiger partial charge in [0.15, 0.2) is 0 Å². The Kier molecular flexibility index (Phi) is 3.64. The van der Waals surface area contributed by atoms with Crippen molar-refractivity contribution >= 4 is 11.9 Å². The highest BCUT2D eigenvalue weighted by Gasteiger charge is 2.66. The van der Waals surface area contributed by atoms with Gasteiger partial charge in [0.25, 0.3) is 0 Å². The van der Waals surface area contributed by atoms with Gasteiger partial charge in [-0.05, 0) is 24.0 Å². The molecular weight excluding hydrogens is 308 g/mol. The molecule has 2 heterocycles. The van der Waals surface area contributed by atoms with Crippen LogP contribution in [0.5, 0.6) is 0 Å². The molecule has 5 nitrogen and oxygen atoms in total. The van der Waals surface area contributed by atoms with Crippen molar-refractivity contribution in [2.24, 2.45) is 5.41 Å². The monoisotopic (exact) mass is 330 g/mol. The van der Waals surface area contributed by atoms with E-state index >= 15 is 0 Å². The smallest absolute Gasteiger partial charge is 0.302 e. The lowest BCUT2D eigenvalue weighted by molar-refractivity contribution is -0.159. The second-order valence-electron chi connectivity index (χ2n) is 7.17. The lowest BCUT2D eigenvalue weighted by Gasteiger charge is -2.46. The number of fused-ring (bicyclic) bond motifs is 7. The summed E-state index contributed by atoms with van der Waals surface area (Å²) in [6.07, 6.45) is 2.07. The number of aryl methyl sites for hydroxylation is 1. The largest absolute Gasteiger partial charge is 0.465 e. The van der Waals surface area contributed by atoms with E-state index in [-0.39, 0.29) is 41.6 Å². The predicted octanol–water partition coefficient (Wildman–Crippen LogP) is 2.37. The van der Waals surface area contributed by atoms with Crippen LogP contribution < -0.4 is 0 Å². The average molecular weight is 330 g/mol. The van der Waals surface area contributed by atoms with E-state index in [0.29, 0.717) is 13.0 Å². The minimum absolute atomic E-state index is 0.0105. The summed E-state index contributed by atoms with van der Waals surface area (Å²) in [5.41, 5.74) is 2.34. The van der Waals surface area contributed by atoms with E-state index in [0.717, 1.165) is 12.8 Å². The molecule has 24 heavy (non-hydrogen) atoms. The minimum Gasteiger partial charge on any atom is -0.465 e. The number of carbonyl (C=O) groups excluding carboxylic acids is 2. The van der Waals surface area contributed by atoms with Gasteiger partial charge >= 0.3 is 11.9 Å². The van der Waals surface area contributed by atoms with Crippen LogP contribution in [0.4, 0.5) is 0 Å². The summed E-state index contributed by atoms with van der Waals surface area (Å²) in [4.78, 5) is 22.9. The first-order valence-corrected chi connectivity index (χ1v) is 8.55. The van der Waals surface area contributed by atoms with Crippen LogP contribution in [-0.2, 0) is 30.2 Å². The molecule has 0 amide bonds. The summed E-state index contributed by atoms with van der Waals surface area (Å²) < 4.78 is 17.2. The van der Waals surface area contributed by atoms with Gasteiger partial charge < -0.3 is 14.2 Å². The van der Waals surface area contributed by atoms with Crippen molar-refractivity contribution in [3.63, 3.8) is 0 Å². The van der Waals surface area contributed by atoms with Crippen molar-refractivity contribution in [1.29, 1.82) is 0 Å². The normalized spacial score (nSPS) is 35.9. The fraction of sp³-hybridized carbons (Fsp3) is 0.579. The van der Waals surface area contributed by atoms with Crippen LogP contribution in [0.3, 0.4) is 0 Å². The van der Waals surface area contributed by atoms with Gasteiger partial charge in [-0.3, -0.25) is 9.59 Å². The summed E-state index contributed by atoms with van der Waals surface area (Å²) in [6, 6.07) is 8.44. The molecule has 0 saturated carbocycles. The van der Waals surface area contributed by atoms with Crippen molar-refractivity contribution < 1.29 is 23.8 Å². The Morgan fingerprint density at radius 1 is 1.25 bits per heavy atom. The van der Waals surface area contributed by atoms with Crippen molar-refractivity contribution in [3.8, 4) is 0 Å². The molecular formula is C19H22O5. The van der Waals surface area contributed by atoms with Crippen LogP contribution in [0.1, 0.15) is 43.7 Å². The molecule has 0 aromatic heterocycles. The minimum atomic E-state index is -0.303. The number of benzene rings is 1. The van der Waals surface area contributed by atoms with Gasteiger partial charge in [0.1, 0.15) is 18.8 Å². The van der Waals surface area contributed by atoms with Crippen molar-refractivity contribution in [2.75, 3.05) is 6.61 Å². The molecule has 3 aliphatic rings. The molecule has 1 aromatic rings. The Morgan fingerprint density at radius 2 is 2.04 bits per heavy atom. The Hall–Kier alpha value is -1.88. The lowest BCUT2D eigenvalue weighted by Crippen LogP contribution is -2.52. The maximum Gasteiger partial charge on any atom is 0.302 e. The molecule has 5 heteroatoms. The SMILES string of the molecule is CC(=O)OC[C@@]12CCc3ccccc3[C@H]1[C@H]1C[C@@H](OC(C)=O)[C@@H]2O1. The van der Waals surface area contributed by atoms with Gasteiger partial charge in [0.2, 0.25) is 0 Å². The molecule has 2 saturated heterocycles. The first-order chi connectivity index (χ1) is 11.5. The number of rotatable bonds is 3. The number of esters is 2. The summed E-state index contributed by atoms with van der Waals surface area (Å²) in [5.74, 6) is -0.376. The van der Waals surface area contributed by atoms with Gasteiger partial charge in [-0.15, -0.1) is 0 Å². The van der Waals surface area contributed by atoms with E-state index in [2.05, 4.69) is 24.3 Å². The van der Waals surface area contributed by atoms with E-state index in [1.54, 1.807) is 0 Å². The zero-order valence-corrected chi connectivity index (χ0v) is 14.0. The zero-order chi connectivity index (χ0) is 16.9. The molecule has 128 valence electrons. The first-order valence-electron chi connectivity index (χ1n) is 8.55. The van der Waals surface area contributed by atoms with Crippen LogP contribution in [0.25, 0.3) is 0 Å². The molecule has 2 aliphatic heterocycles. The van der Waals surface area contributed by atoms with Crippen LogP contribution in [0.2, 0.25) is 0 Å². The van der Waals surface area contributed by atoms with Crippen LogP contribution >= 0.6 is 0 Å². The molecule has 2 fully saturated rings. The standard InChI is InChI=1S/C19H22O5/c1-11(20)22-10-19-8-7-13-5-3-4-6-14(13)17(19)15-9-16(18(19)24-15)23-12(2)21/h3-6,15-18H,7-10H2,1-2H3/t15-,16-,17+,18+,19+/m1/s1. The van der Waals surface area contributed by atoms with Crippen LogP contribution in [0, 0.1) is 5.41 Å². The van der Waals surface area contributed by atoms with Gasteiger partial charge in [0, 0.05) is 31.6 Å². The molecule has 1 aromatic carbocycles. The van der Waals surface area contributed by atoms with Crippen LogP contribution in [-0.4, -0.2) is 36.9 Å². The summed E-state index contributed by atoms with van der Waals surface area (Å²) in [6.45, 7) is 3.18. The topological polar surface area (TPSA) is 61.8 Å². The molecule has 1 aliphatic carbocycles. The molecule has 0 unspecified atom stereocenters. The highest BCUT2D eigenvalue weighted by molar-refractivity contribution is 5.66. The predicted molar refractivity (Wildman–Crippen MR) is 85.4 cm³/mol. The number of hydrogen-bond acceptors (Lipinski definition) is 5. The van der Waals surface area contributed by atoms with Gasteiger partial charge in [-0.1, -0.05) is 24.3 Å². The Bertz CT molecular complexity index is 684. The highest BCUT2D eigenvalue weighted by atomic mass is 16.6. The summed E-state index contributed by atoms with van der Waals surface area (Å²) in [7, 11) is 0. The van der Waals surface area contributed by atoms with Crippen molar-refractivity contribution in [1.82, 2.24) is 0 Å². The third-order valence-corrected chi connectivity index (χ3v) is 5.79. The summed E-state index contributed by atoms with van der Waals surface area (Å²) >= 11 is 0. The third-order valence-electron chi connectivity index (χ3n) is 5.79. The summed E-state index contributed by atoms with van der Waals surface area (Å²) in [5, 5.41) is 0. The van der Waals surface area contributed by atoms with E-state index in [1.165, 1.54) is 25.0 Å². The van der Waals surface area contributed by atoms with E-state index in [1.807, 2.05) is 0 Å². The lowest BCUT2D eigenvalue weighted by atomic mass is 9.57. The third kappa shape index (κ3) is 2.25. The van der Waals surface area contributed by atoms with Crippen molar-refractivity contribution in [3.05, 3.63) is 35.4 Å². The fourth-order valence-corrected chi connectivity index (χ4v) is 5.00. The fourth-order valence-electron chi connectivity index (χ4n) is 5.00. The molecule has 0 radical (unpaired) electrons. The highest BCUT2D eigenvalue weighted by Crippen LogP contribution is 2.62. The van der Waals surface area contributed by atoms with E-state index in [4.69, 9.17) is 14.2 Å². The Labute approximate surface area is 141 Å². The Morgan fingerprint density at radius 3 is 2.79 bits per heavy atom. The van der Waals surface area contributed by atoms with Crippen LogP contribution in [0.15, 0.2) is 24.3 Å². The quantitative estimate of drug-likeness (QED) is 0.796. The zero-order valence-electron chi connectivity index (χ0n) is 14.0. The van der Waals surface area contributed by atoms with Gasteiger partial charge in [-0.2, -0.15) is 0 Å². The second kappa shape index (κ2) is 5.59. The molecule has 2 bridgehead atoms. The molecule has 4 rings (SSSR count). The van der Waals surface area contributed by atoms with Crippen molar-refractivity contribution in [2.45, 2.75) is 57.3 Å². The second-order valence-corrected chi connectivity index (χ2v) is 7.17. The molecule has 0 N–H and O–H groups in total. The van der Waals surface area contributed by atoms with E-state index < -0.39 is 0 Å². The van der Waals surface area contributed by atoms with E-state index in [9.17, 15) is 9.59 Å². The maximum atomic E-state index is 11.4. The van der Waals surface area contributed by atoms with Gasteiger partial charge in [0.05, 0.1) is 6.10 Å². The van der Waals surface area contributed by atoms with Gasteiger partial charge in [-0.25, -0.2) is 0 Å². The Balaban J connectivity index is 1.72. The number of hydrogen-bond donors (Lipinski definition) is 0. The molecule has 0 spiro atoms. The average Bonchev–Trinajstić information content (AvgIpc) is 3.09. The number of ether oxygens (including phenoxy) is 3. The first kappa shape index (κ1) is 15.6. The number of carbonyl (C=O) groups is 2. The molecule has 5 atom stereocenters. The maximum absolute atomic E-state index is 11.4.